The van der Waals surface area contributed by atoms with Gasteiger partial charge in [0.2, 0.25) is 0 Å². The highest BCUT2D eigenvalue weighted by atomic mass is 16.5. The first-order valence-corrected chi connectivity index (χ1v) is 5.64. The quantitative estimate of drug-likeness (QED) is 0.838. The second kappa shape index (κ2) is 5.00. The summed E-state index contributed by atoms with van der Waals surface area (Å²) in [7, 11) is 0. The third-order valence-electron chi connectivity index (χ3n) is 2.89. The first-order chi connectivity index (χ1) is 7.79. The van der Waals surface area contributed by atoms with Gasteiger partial charge in [-0.15, -0.1) is 0 Å². The van der Waals surface area contributed by atoms with Gasteiger partial charge < -0.3 is 10.1 Å². The molecule has 0 saturated carbocycles. The standard InChI is InChI=1S/C13H16N2O/c1-10-2-3-12(7-14)13(6-10)16-9-11-4-5-15-8-11/h2-3,6,11,15H,4-5,8-9H2,1H3. The average Bonchev–Trinajstić information content (AvgIpc) is 2.79. The van der Waals surface area contributed by atoms with E-state index >= 15 is 0 Å². The molecule has 1 atom stereocenters. The van der Waals surface area contributed by atoms with E-state index in [2.05, 4.69) is 11.4 Å². The zero-order valence-corrected chi connectivity index (χ0v) is 9.49. The number of nitrogens with one attached hydrogen (secondary N) is 1. The minimum absolute atomic E-state index is 0.576. The summed E-state index contributed by atoms with van der Waals surface area (Å²) in [6, 6.07) is 7.84. The molecule has 16 heavy (non-hydrogen) atoms. The summed E-state index contributed by atoms with van der Waals surface area (Å²) in [6.45, 7) is 4.80. The van der Waals surface area contributed by atoms with Crippen molar-refractivity contribution in [1.29, 1.82) is 5.26 Å². The number of rotatable bonds is 3. The predicted molar refractivity (Wildman–Crippen MR) is 62.4 cm³/mol. The molecule has 1 N–H and O–H groups in total. The summed E-state index contributed by atoms with van der Waals surface area (Å²) in [5.74, 6) is 1.29. The Morgan fingerprint density at radius 2 is 2.44 bits per heavy atom. The summed E-state index contributed by atoms with van der Waals surface area (Å²) < 4.78 is 5.73. The molecule has 1 fully saturated rings. The average molecular weight is 216 g/mol. The number of hydrogen-bond acceptors (Lipinski definition) is 3. The van der Waals surface area contributed by atoms with Crippen LogP contribution in [0.5, 0.6) is 5.75 Å². The molecule has 0 aliphatic carbocycles. The molecule has 1 heterocycles. The fourth-order valence-electron chi connectivity index (χ4n) is 1.91. The number of benzene rings is 1. The molecular formula is C13H16N2O. The van der Waals surface area contributed by atoms with Gasteiger partial charge in [-0.05, 0) is 37.6 Å². The third-order valence-corrected chi connectivity index (χ3v) is 2.89. The van der Waals surface area contributed by atoms with Gasteiger partial charge in [0.15, 0.2) is 0 Å². The third kappa shape index (κ3) is 2.53. The lowest BCUT2D eigenvalue weighted by Gasteiger charge is -2.12. The maximum Gasteiger partial charge on any atom is 0.137 e. The Balaban J connectivity index is 2.02. The van der Waals surface area contributed by atoms with Crippen LogP contribution in [-0.4, -0.2) is 19.7 Å². The van der Waals surface area contributed by atoms with Crippen molar-refractivity contribution < 1.29 is 4.74 Å². The zero-order chi connectivity index (χ0) is 11.4. The van der Waals surface area contributed by atoms with Crippen molar-refractivity contribution >= 4 is 0 Å². The fourth-order valence-corrected chi connectivity index (χ4v) is 1.91. The van der Waals surface area contributed by atoms with Gasteiger partial charge in [0.1, 0.15) is 11.8 Å². The summed E-state index contributed by atoms with van der Waals surface area (Å²) in [5, 5.41) is 12.3. The Kier molecular flexibility index (Phi) is 3.43. The molecule has 0 amide bonds. The van der Waals surface area contributed by atoms with E-state index in [-0.39, 0.29) is 0 Å². The van der Waals surface area contributed by atoms with Crippen LogP contribution in [0.3, 0.4) is 0 Å². The van der Waals surface area contributed by atoms with Gasteiger partial charge in [0.05, 0.1) is 12.2 Å². The van der Waals surface area contributed by atoms with E-state index in [1.54, 1.807) is 0 Å². The van der Waals surface area contributed by atoms with Crippen LogP contribution in [0, 0.1) is 24.2 Å². The minimum Gasteiger partial charge on any atom is -0.492 e. The van der Waals surface area contributed by atoms with Crippen molar-refractivity contribution in [2.24, 2.45) is 5.92 Å². The molecular weight excluding hydrogens is 200 g/mol. The first-order valence-electron chi connectivity index (χ1n) is 5.64. The zero-order valence-electron chi connectivity index (χ0n) is 9.49. The first kappa shape index (κ1) is 11.0. The molecule has 3 heteroatoms. The van der Waals surface area contributed by atoms with E-state index in [0.717, 1.165) is 30.8 Å². The van der Waals surface area contributed by atoms with Gasteiger partial charge in [-0.2, -0.15) is 5.26 Å². The topological polar surface area (TPSA) is 45.0 Å². The Hall–Kier alpha value is -1.53. The normalized spacial score (nSPS) is 19.4. The molecule has 1 aliphatic rings. The number of hydrogen-bond donors (Lipinski definition) is 1. The largest absolute Gasteiger partial charge is 0.492 e. The van der Waals surface area contributed by atoms with Gasteiger partial charge in [-0.25, -0.2) is 0 Å². The van der Waals surface area contributed by atoms with Crippen molar-refractivity contribution in [3.05, 3.63) is 29.3 Å². The summed E-state index contributed by atoms with van der Waals surface area (Å²) in [4.78, 5) is 0. The Bertz CT molecular complexity index is 403. The highest BCUT2D eigenvalue weighted by Gasteiger charge is 2.15. The van der Waals surface area contributed by atoms with Crippen LogP contribution in [0.25, 0.3) is 0 Å². The molecule has 3 nitrogen and oxygen atoms in total. The smallest absolute Gasteiger partial charge is 0.137 e. The SMILES string of the molecule is Cc1ccc(C#N)c(OCC2CCNC2)c1. The molecule has 1 saturated heterocycles. The van der Waals surface area contributed by atoms with Gasteiger partial charge in [0.25, 0.3) is 0 Å². The molecule has 0 bridgehead atoms. The molecule has 0 aromatic heterocycles. The summed E-state index contributed by atoms with van der Waals surface area (Å²) in [6.07, 6.45) is 1.16. The number of nitriles is 1. The second-order valence-corrected chi connectivity index (χ2v) is 4.28. The van der Waals surface area contributed by atoms with Crippen molar-refractivity contribution in [2.45, 2.75) is 13.3 Å². The van der Waals surface area contributed by atoms with Crippen LogP contribution in [0.15, 0.2) is 18.2 Å². The van der Waals surface area contributed by atoms with Crippen LogP contribution < -0.4 is 10.1 Å². The lowest BCUT2D eigenvalue weighted by Crippen LogP contribution is -2.15. The van der Waals surface area contributed by atoms with E-state index in [4.69, 9.17) is 10.00 Å². The van der Waals surface area contributed by atoms with Crippen LogP contribution in [0.4, 0.5) is 0 Å². The fraction of sp³-hybridized carbons (Fsp3) is 0.462. The maximum absolute atomic E-state index is 8.96. The Morgan fingerprint density at radius 3 is 3.12 bits per heavy atom. The van der Waals surface area contributed by atoms with Crippen molar-refractivity contribution in [3.63, 3.8) is 0 Å². The van der Waals surface area contributed by atoms with Gasteiger partial charge >= 0.3 is 0 Å². The van der Waals surface area contributed by atoms with Gasteiger partial charge in [-0.1, -0.05) is 6.07 Å². The molecule has 1 aliphatic heterocycles. The molecule has 2 rings (SSSR count). The number of nitrogens with zero attached hydrogens (tertiary/aromatic N) is 1. The number of aryl methyl sites for hydroxylation is 1. The van der Waals surface area contributed by atoms with Gasteiger partial charge in [-0.3, -0.25) is 0 Å². The molecule has 1 aromatic carbocycles. The minimum atomic E-state index is 0.576. The number of ether oxygens (including phenoxy) is 1. The lowest BCUT2D eigenvalue weighted by atomic mass is 10.1. The molecule has 1 unspecified atom stereocenters. The maximum atomic E-state index is 8.96. The monoisotopic (exact) mass is 216 g/mol. The highest BCUT2D eigenvalue weighted by molar-refractivity contribution is 5.44. The van der Waals surface area contributed by atoms with Crippen LogP contribution in [0.2, 0.25) is 0 Å². The van der Waals surface area contributed by atoms with Gasteiger partial charge in [0, 0.05) is 12.5 Å². The predicted octanol–water partition coefficient (Wildman–Crippen LogP) is 1.85. The van der Waals surface area contributed by atoms with Crippen molar-refractivity contribution in [3.8, 4) is 11.8 Å². The van der Waals surface area contributed by atoms with E-state index in [0.29, 0.717) is 18.1 Å². The van der Waals surface area contributed by atoms with Crippen LogP contribution in [0.1, 0.15) is 17.5 Å². The van der Waals surface area contributed by atoms with E-state index in [1.165, 1.54) is 0 Å². The Morgan fingerprint density at radius 1 is 1.56 bits per heavy atom. The summed E-state index contributed by atoms with van der Waals surface area (Å²) in [5.41, 5.74) is 1.75. The van der Waals surface area contributed by atoms with E-state index < -0.39 is 0 Å². The van der Waals surface area contributed by atoms with E-state index in [1.807, 2.05) is 25.1 Å². The molecule has 0 spiro atoms. The van der Waals surface area contributed by atoms with Crippen molar-refractivity contribution in [2.75, 3.05) is 19.7 Å². The molecule has 1 aromatic rings. The second-order valence-electron chi connectivity index (χ2n) is 4.28. The lowest BCUT2D eigenvalue weighted by molar-refractivity contribution is 0.259. The van der Waals surface area contributed by atoms with Crippen LogP contribution in [-0.2, 0) is 0 Å². The highest BCUT2D eigenvalue weighted by Crippen LogP contribution is 2.20. The molecule has 0 radical (unpaired) electrons. The molecule has 84 valence electrons. The van der Waals surface area contributed by atoms with Crippen LogP contribution >= 0.6 is 0 Å². The summed E-state index contributed by atoms with van der Waals surface area (Å²) >= 11 is 0. The van der Waals surface area contributed by atoms with Crippen molar-refractivity contribution in [1.82, 2.24) is 5.32 Å². The van der Waals surface area contributed by atoms with E-state index in [9.17, 15) is 0 Å². The Labute approximate surface area is 96.0 Å².